The number of nitrogens with two attached hydrogens (primary N) is 1. The smallest absolute Gasteiger partial charge is 0.303 e. The lowest BCUT2D eigenvalue weighted by Crippen LogP contribution is -2.45. The van der Waals surface area contributed by atoms with Crippen LogP contribution in [0.25, 0.3) is 0 Å². The number of amides is 1. The van der Waals surface area contributed by atoms with Crippen molar-refractivity contribution >= 4 is 23.3 Å². The summed E-state index contributed by atoms with van der Waals surface area (Å²) in [5, 5.41) is 8.66. The molecule has 0 radical (unpaired) electrons. The van der Waals surface area contributed by atoms with Gasteiger partial charge >= 0.3 is 5.97 Å². The number of para-hydroxylation sites is 1. The molecule has 1 aliphatic heterocycles. The molecule has 0 aliphatic carbocycles. The zero-order chi connectivity index (χ0) is 14.0. The van der Waals surface area contributed by atoms with E-state index in [1.807, 2.05) is 0 Å². The second kappa shape index (κ2) is 5.17. The number of anilines is 2. The summed E-state index contributed by atoms with van der Waals surface area (Å²) in [6.07, 6.45) is -0.193. The first-order chi connectivity index (χ1) is 9.00. The van der Waals surface area contributed by atoms with Gasteiger partial charge in [-0.3, -0.25) is 9.59 Å². The van der Waals surface area contributed by atoms with E-state index < -0.39 is 12.1 Å². The van der Waals surface area contributed by atoms with Crippen LogP contribution in [0.1, 0.15) is 19.8 Å². The van der Waals surface area contributed by atoms with E-state index in [0.717, 1.165) is 0 Å². The summed E-state index contributed by atoms with van der Waals surface area (Å²) >= 11 is 0. The lowest BCUT2D eigenvalue weighted by molar-refractivity contribution is -0.137. The lowest BCUT2D eigenvalue weighted by atomic mass is 10.1. The van der Waals surface area contributed by atoms with Crippen LogP contribution in [0.3, 0.4) is 0 Å². The maximum atomic E-state index is 12.1. The normalized spacial score (nSPS) is 17.8. The minimum atomic E-state index is -0.880. The van der Waals surface area contributed by atoms with Crippen LogP contribution in [0.4, 0.5) is 11.4 Å². The van der Waals surface area contributed by atoms with E-state index >= 15 is 0 Å². The molecule has 3 N–H and O–H groups in total. The molecule has 0 saturated heterocycles. The van der Waals surface area contributed by atoms with Gasteiger partial charge < -0.3 is 20.5 Å². The lowest BCUT2D eigenvalue weighted by Gasteiger charge is -2.33. The second-order valence-corrected chi connectivity index (χ2v) is 4.44. The first-order valence-corrected chi connectivity index (χ1v) is 6.09. The van der Waals surface area contributed by atoms with Crippen molar-refractivity contribution in [3.63, 3.8) is 0 Å². The monoisotopic (exact) mass is 264 g/mol. The molecule has 1 aromatic carbocycles. The molecule has 1 heterocycles. The predicted octanol–water partition coefficient (Wildman–Crippen LogP) is 1.25. The number of rotatable bonds is 4. The van der Waals surface area contributed by atoms with Gasteiger partial charge in [-0.25, -0.2) is 0 Å². The molecular formula is C13H16N2O4. The minimum absolute atomic E-state index is 0.0150. The summed E-state index contributed by atoms with van der Waals surface area (Å²) < 4.78 is 5.50. The van der Waals surface area contributed by atoms with E-state index in [1.165, 1.54) is 4.90 Å². The van der Waals surface area contributed by atoms with E-state index in [9.17, 15) is 9.59 Å². The number of hydrogen-bond acceptors (Lipinski definition) is 4. The molecule has 1 unspecified atom stereocenters. The Morgan fingerprint density at radius 2 is 2.26 bits per heavy atom. The number of carboxylic acid groups (broad SMARTS) is 1. The van der Waals surface area contributed by atoms with E-state index in [4.69, 9.17) is 15.6 Å². The third kappa shape index (κ3) is 2.62. The number of nitrogens with zero attached hydrogens (tertiary/aromatic N) is 1. The molecule has 19 heavy (non-hydrogen) atoms. The number of nitrogen functional groups attached to an aromatic ring is 1. The molecule has 0 saturated carbocycles. The SMILES string of the molecule is CC1Oc2cccc(N)c2N(CCCC(=O)O)C1=O. The van der Waals surface area contributed by atoms with E-state index in [-0.39, 0.29) is 12.3 Å². The number of benzene rings is 1. The highest BCUT2D eigenvalue weighted by Gasteiger charge is 2.32. The molecule has 6 nitrogen and oxygen atoms in total. The van der Waals surface area contributed by atoms with Gasteiger partial charge in [0.05, 0.1) is 5.69 Å². The fourth-order valence-corrected chi connectivity index (χ4v) is 2.10. The van der Waals surface area contributed by atoms with Gasteiger partial charge in [-0.15, -0.1) is 0 Å². The molecule has 1 aromatic rings. The molecule has 0 bridgehead atoms. The Balaban J connectivity index is 2.26. The molecule has 1 aliphatic rings. The average Bonchev–Trinajstić information content (AvgIpc) is 2.34. The maximum absolute atomic E-state index is 12.1. The van der Waals surface area contributed by atoms with Gasteiger partial charge in [-0.1, -0.05) is 6.07 Å². The Morgan fingerprint density at radius 1 is 1.53 bits per heavy atom. The topological polar surface area (TPSA) is 92.9 Å². The standard InChI is InChI=1S/C13H16N2O4/c1-8-13(18)15(7-3-6-11(16)17)12-9(14)4-2-5-10(12)19-8/h2,4-5,8H,3,6-7,14H2,1H3,(H,16,17). The minimum Gasteiger partial charge on any atom is -0.481 e. The Labute approximate surface area is 110 Å². The fourth-order valence-electron chi connectivity index (χ4n) is 2.10. The number of carbonyl (C=O) groups excluding carboxylic acids is 1. The highest BCUT2D eigenvalue weighted by molar-refractivity contribution is 6.02. The zero-order valence-corrected chi connectivity index (χ0v) is 10.6. The van der Waals surface area contributed by atoms with E-state index in [0.29, 0.717) is 30.1 Å². The quantitative estimate of drug-likeness (QED) is 0.798. The van der Waals surface area contributed by atoms with Crippen LogP contribution in [0.2, 0.25) is 0 Å². The largest absolute Gasteiger partial charge is 0.481 e. The van der Waals surface area contributed by atoms with Crippen molar-refractivity contribution in [1.82, 2.24) is 0 Å². The van der Waals surface area contributed by atoms with Crippen molar-refractivity contribution in [2.75, 3.05) is 17.2 Å². The van der Waals surface area contributed by atoms with Crippen LogP contribution in [0.5, 0.6) is 5.75 Å². The summed E-state index contributed by atoms with van der Waals surface area (Å²) in [6.45, 7) is 1.98. The van der Waals surface area contributed by atoms with Gasteiger partial charge in [0, 0.05) is 13.0 Å². The Hall–Kier alpha value is -2.24. The summed E-state index contributed by atoms with van der Waals surface area (Å²) in [7, 11) is 0. The van der Waals surface area contributed by atoms with Gasteiger partial charge in [-0.2, -0.15) is 0 Å². The number of aliphatic carboxylic acids is 1. The van der Waals surface area contributed by atoms with E-state index in [2.05, 4.69) is 0 Å². The Kier molecular flexibility index (Phi) is 3.59. The summed E-state index contributed by atoms with van der Waals surface area (Å²) in [6, 6.07) is 5.20. The molecule has 1 atom stereocenters. The Bertz CT molecular complexity index is 515. The maximum Gasteiger partial charge on any atom is 0.303 e. The highest BCUT2D eigenvalue weighted by Crippen LogP contribution is 2.38. The van der Waals surface area contributed by atoms with E-state index in [1.54, 1.807) is 25.1 Å². The van der Waals surface area contributed by atoms with Crippen molar-refractivity contribution in [2.24, 2.45) is 0 Å². The second-order valence-electron chi connectivity index (χ2n) is 4.44. The third-order valence-electron chi connectivity index (χ3n) is 2.99. The molecule has 0 fully saturated rings. The van der Waals surface area contributed by atoms with Crippen LogP contribution in [0.15, 0.2) is 18.2 Å². The molecule has 1 amide bonds. The number of carbonyl (C=O) groups is 2. The van der Waals surface area contributed by atoms with Gasteiger partial charge in [-0.05, 0) is 25.5 Å². The molecule has 0 aromatic heterocycles. The number of fused-ring (bicyclic) bond motifs is 1. The highest BCUT2D eigenvalue weighted by atomic mass is 16.5. The fraction of sp³-hybridized carbons (Fsp3) is 0.385. The zero-order valence-electron chi connectivity index (χ0n) is 10.6. The first kappa shape index (κ1) is 13.2. The molecule has 6 heteroatoms. The summed E-state index contributed by atoms with van der Waals surface area (Å²) in [4.78, 5) is 24.2. The third-order valence-corrected chi connectivity index (χ3v) is 2.99. The van der Waals surface area contributed by atoms with Crippen LogP contribution in [0, 0.1) is 0 Å². The molecule has 2 rings (SSSR count). The average molecular weight is 264 g/mol. The van der Waals surface area contributed by atoms with Crippen molar-refractivity contribution in [1.29, 1.82) is 0 Å². The first-order valence-electron chi connectivity index (χ1n) is 6.09. The predicted molar refractivity (Wildman–Crippen MR) is 70.2 cm³/mol. The Morgan fingerprint density at radius 3 is 2.95 bits per heavy atom. The number of hydrogen-bond donors (Lipinski definition) is 2. The van der Waals surface area contributed by atoms with Crippen molar-refractivity contribution in [3.8, 4) is 5.75 Å². The van der Waals surface area contributed by atoms with Crippen LogP contribution in [-0.2, 0) is 9.59 Å². The van der Waals surface area contributed by atoms with Gasteiger partial charge in [0.2, 0.25) is 0 Å². The molecule has 102 valence electrons. The number of ether oxygens (including phenoxy) is 1. The van der Waals surface area contributed by atoms with Gasteiger partial charge in [0.1, 0.15) is 11.4 Å². The number of carboxylic acids is 1. The van der Waals surface area contributed by atoms with Crippen molar-refractivity contribution in [3.05, 3.63) is 18.2 Å². The summed E-state index contributed by atoms with van der Waals surface area (Å²) in [5.41, 5.74) is 6.87. The van der Waals surface area contributed by atoms with Crippen molar-refractivity contribution < 1.29 is 19.4 Å². The summed E-state index contributed by atoms with van der Waals surface area (Å²) in [5.74, 6) is -0.520. The molecular weight excluding hydrogens is 248 g/mol. The molecule has 0 spiro atoms. The van der Waals surface area contributed by atoms with Crippen molar-refractivity contribution in [2.45, 2.75) is 25.9 Å². The van der Waals surface area contributed by atoms with Crippen LogP contribution < -0.4 is 15.4 Å². The van der Waals surface area contributed by atoms with Crippen LogP contribution in [-0.4, -0.2) is 29.6 Å². The van der Waals surface area contributed by atoms with Gasteiger partial charge in [0.15, 0.2) is 6.10 Å². The van der Waals surface area contributed by atoms with Gasteiger partial charge in [0.25, 0.3) is 5.91 Å². The van der Waals surface area contributed by atoms with Crippen LogP contribution >= 0.6 is 0 Å².